The van der Waals surface area contributed by atoms with E-state index < -0.39 is 0 Å². The first kappa shape index (κ1) is 18.6. The van der Waals surface area contributed by atoms with Gasteiger partial charge in [-0.25, -0.2) is 0 Å². The molecule has 1 amide bonds. The van der Waals surface area contributed by atoms with Crippen LogP contribution in [0.1, 0.15) is 5.56 Å². The van der Waals surface area contributed by atoms with Crippen LogP contribution in [-0.4, -0.2) is 33.2 Å². The monoisotopic (exact) mass is 416 g/mol. The van der Waals surface area contributed by atoms with Crippen molar-refractivity contribution >= 4 is 29.3 Å². The largest absolute Gasteiger partial charge is 0.454 e. The van der Waals surface area contributed by atoms with Crippen molar-refractivity contribution in [2.75, 3.05) is 12.5 Å². The third-order valence-electron chi connectivity index (χ3n) is 4.20. The summed E-state index contributed by atoms with van der Waals surface area (Å²) >= 11 is 7.26. The Morgan fingerprint density at radius 1 is 1.18 bits per heavy atom. The predicted molar refractivity (Wildman–Crippen MR) is 107 cm³/mol. The van der Waals surface area contributed by atoms with Crippen molar-refractivity contribution in [2.24, 2.45) is 7.05 Å². The molecule has 1 aliphatic heterocycles. The molecule has 2 heterocycles. The van der Waals surface area contributed by atoms with E-state index in [2.05, 4.69) is 15.5 Å². The molecule has 0 bridgehead atoms. The summed E-state index contributed by atoms with van der Waals surface area (Å²) in [7, 11) is 1.87. The van der Waals surface area contributed by atoms with E-state index in [0.717, 1.165) is 22.7 Å². The number of hydrogen-bond acceptors (Lipinski definition) is 6. The van der Waals surface area contributed by atoms with Gasteiger partial charge in [0.1, 0.15) is 0 Å². The average Bonchev–Trinajstić information content (AvgIpc) is 3.31. The van der Waals surface area contributed by atoms with Crippen molar-refractivity contribution in [1.82, 2.24) is 20.1 Å². The Morgan fingerprint density at radius 2 is 1.96 bits per heavy atom. The number of hydrogen-bond donors (Lipinski definition) is 1. The number of aromatic nitrogens is 3. The maximum atomic E-state index is 12.2. The topological polar surface area (TPSA) is 78.3 Å². The van der Waals surface area contributed by atoms with Crippen molar-refractivity contribution in [2.45, 2.75) is 11.7 Å². The number of amides is 1. The molecule has 144 valence electrons. The van der Waals surface area contributed by atoms with Crippen LogP contribution in [0, 0.1) is 0 Å². The zero-order valence-corrected chi connectivity index (χ0v) is 16.6. The lowest BCUT2D eigenvalue weighted by Gasteiger charge is -2.07. The van der Waals surface area contributed by atoms with Crippen LogP contribution in [0.4, 0.5) is 0 Å². The molecular weight excluding hydrogens is 400 g/mol. The SMILES string of the molecule is Cn1c(SCC(=O)NCc2ccc3c(c2)OCO3)nnc1-c1ccc(Cl)cc1. The number of nitrogens with zero attached hydrogens (tertiary/aromatic N) is 3. The van der Waals surface area contributed by atoms with E-state index in [4.69, 9.17) is 21.1 Å². The van der Waals surface area contributed by atoms with Gasteiger partial charge in [-0.3, -0.25) is 4.79 Å². The number of carbonyl (C=O) groups excluding carboxylic acids is 1. The maximum absolute atomic E-state index is 12.2. The number of thioether (sulfide) groups is 1. The Hall–Kier alpha value is -2.71. The van der Waals surface area contributed by atoms with Crippen LogP contribution in [0.25, 0.3) is 11.4 Å². The number of halogens is 1. The quantitative estimate of drug-likeness (QED) is 0.621. The fourth-order valence-corrected chi connectivity index (χ4v) is 3.59. The molecule has 1 N–H and O–H groups in total. The molecule has 28 heavy (non-hydrogen) atoms. The van der Waals surface area contributed by atoms with Gasteiger partial charge in [0.15, 0.2) is 22.5 Å². The fraction of sp³-hybridized carbons (Fsp3) is 0.211. The number of ether oxygens (including phenoxy) is 2. The van der Waals surface area contributed by atoms with Gasteiger partial charge in [0.05, 0.1) is 5.75 Å². The highest BCUT2D eigenvalue weighted by molar-refractivity contribution is 7.99. The minimum atomic E-state index is -0.0845. The summed E-state index contributed by atoms with van der Waals surface area (Å²) in [5.41, 5.74) is 1.87. The highest BCUT2D eigenvalue weighted by Gasteiger charge is 2.15. The third kappa shape index (κ3) is 4.07. The van der Waals surface area contributed by atoms with Gasteiger partial charge in [-0.1, -0.05) is 29.4 Å². The van der Waals surface area contributed by atoms with Crippen molar-refractivity contribution in [3.05, 3.63) is 53.1 Å². The molecule has 7 nitrogen and oxygen atoms in total. The van der Waals surface area contributed by atoms with Crippen molar-refractivity contribution < 1.29 is 14.3 Å². The maximum Gasteiger partial charge on any atom is 0.231 e. The Labute approximate surface area is 171 Å². The predicted octanol–water partition coefficient (Wildman–Crippen LogP) is 3.27. The number of carbonyl (C=O) groups is 1. The number of fused-ring (bicyclic) bond motifs is 1. The minimum absolute atomic E-state index is 0.0845. The molecule has 1 aliphatic rings. The van der Waals surface area contributed by atoms with E-state index in [1.807, 2.05) is 54.1 Å². The molecular formula is C19H17ClN4O3S. The Bertz CT molecular complexity index is 1010. The van der Waals surface area contributed by atoms with E-state index in [-0.39, 0.29) is 18.5 Å². The molecule has 9 heteroatoms. The summed E-state index contributed by atoms with van der Waals surface area (Å²) in [5, 5.41) is 12.6. The second kappa shape index (κ2) is 8.12. The fourth-order valence-electron chi connectivity index (χ4n) is 2.72. The second-order valence-corrected chi connectivity index (χ2v) is 7.50. The number of benzene rings is 2. The lowest BCUT2D eigenvalue weighted by atomic mass is 10.2. The minimum Gasteiger partial charge on any atom is -0.454 e. The number of rotatable bonds is 6. The first-order valence-electron chi connectivity index (χ1n) is 8.53. The standard InChI is InChI=1S/C19H17ClN4O3S/c1-24-18(13-3-5-14(20)6-4-13)22-23-19(24)28-10-17(25)21-9-12-2-7-15-16(8-12)27-11-26-15/h2-8H,9-11H2,1H3,(H,21,25). The molecule has 0 aliphatic carbocycles. The molecule has 0 radical (unpaired) electrons. The summed E-state index contributed by atoms with van der Waals surface area (Å²) in [6.45, 7) is 0.655. The third-order valence-corrected chi connectivity index (χ3v) is 5.47. The zero-order chi connectivity index (χ0) is 19.5. The molecule has 3 aromatic rings. The summed E-state index contributed by atoms with van der Waals surface area (Å²) < 4.78 is 12.5. The van der Waals surface area contributed by atoms with E-state index in [9.17, 15) is 4.79 Å². The van der Waals surface area contributed by atoms with Gasteiger partial charge in [-0.05, 0) is 42.0 Å². The Balaban J connectivity index is 1.32. The van der Waals surface area contributed by atoms with Crippen LogP contribution < -0.4 is 14.8 Å². The molecule has 0 saturated carbocycles. The number of nitrogens with one attached hydrogen (secondary N) is 1. The van der Waals surface area contributed by atoms with Gasteiger partial charge >= 0.3 is 0 Å². The zero-order valence-electron chi connectivity index (χ0n) is 15.0. The van der Waals surface area contributed by atoms with Gasteiger partial charge in [0.2, 0.25) is 12.7 Å². The summed E-state index contributed by atoms with van der Waals surface area (Å²) in [6.07, 6.45) is 0. The summed E-state index contributed by atoms with van der Waals surface area (Å²) in [6, 6.07) is 13.0. The molecule has 4 rings (SSSR count). The smallest absolute Gasteiger partial charge is 0.231 e. The van der Waals surface area contributed by atoms with Gasteiger partial charge in [0, 0.05) is 24.2 Å². The first-order valence-corrected chi connectivity index (χ1v) is 9.90. The molecule has 0 atom stereocenters. The van der Waals surface area contributed by atoms with Gasteiger partial charge < -0.3 is 19.4 Å². The summed E-state index contributed by atoms with van der Waals surface area (Å²) in [4.78, 5) is 12.2. The Morgan fingerprint density at radius 3 is 2.79 bits per heavy atom. The lowest BCUT2D eigenvalue weighted by molar-refractivity contribution is -0.118. The second-order valence-electron chi connectivity index (χ2n) is 6.13. The van der Waals surface area contributed by atoms with E-state index in [1.54, 1.807) is 0 Å². The van der Waals surface area contributed by atoms with Crippen molar-refractivity contribution in [1.29, 1.82) is 0 Å². The van der Waals surface area contributed by atoms with Crippen LogP contribution >= 0.6 is 23.4 Å². The molecule has 0 saturated heterocycles. The van der Waals surface area contributed by atoms with Gasteiger partial charge in [-0.2, -0.15) is 0 Å². The highest BCUT2D eigenvalue weighted by Crippen LogP contribution is 2.32. The first-order chi connectivity index (χ1) is 13.6. The van der Waals surface area contributed by atoms with Gasteiger partial charge in [-0.15, -0.1) is 10.2 Å². The van der Waals surface area contributed by atoms with Crippen LogP contribution in [0.15, 0.2) is 47.6 Å². The summed E-state index contributed by atoms with van der Waals surface area (Å²) in [5.74, 6) is 2.31. The van der Waals surface area contributed by atoms with Crippen LogP contribution in [0.5, 0.6) is 11.5 Å². The van der Waals surface area contributed by atoms with Gasteiger partial charge in [0.25, 0.3) is 0 Å². The van der Waals surface area contributed by atoms with Crippen molar-refractivity contribution in [3.63, 3.8) is 0 Å². The van der Waals surface area contributed by atoms with Crippen molar-refractivity contribution in [3.8, 4) is 22.9 Å². The van der Waals surface area contributed by atoms with E-state index in [1.165, 1.54) is 11.8 Å². The molecule has 2 aromatic carbocycles. The molecule has 0 spiro atoms. The van der Waals surface area contributed by atoms with E-state index >= 15 is 0 Å². The molecule has 0 unspecified atom stereocenters. The Kier molecular flexibility index (Phi) is 5.40. The highest BCUT2D eigenvalue weighted by atomic mass is 35.5. The van der Waals surface area contributed by atoms with E-state index in [0.29, 0.717) is 22.5 Å². The lowest BCUT2D eigenvalue weighted by Crippen LogP contribution is -2.24. The van der Waals surface area contributed by atoms with Crippen LogP contribution in [0.2, 0.25) is 5.02 Å². The van der Waals surface area contributed by atoms with Crippen LogP contribution in [-0.2, 0) is 18.4 Å². The normalized spacial score (nSPS) is 12.2. The molecule has 1 aromatic heterocycles. The average molecular weight is 417 g/mol. The van der Waals surface area contributed by atoms with Crippen LogP contribution in [0.3, 0.4) is 0 Å². The molecule has 0 fully saturated rings.